The van der Waals surface area contributed by atoms with Gasteiger partial charge in [-0.15, -0.1) is 0 Å². The molecule has 21 heteroatoms. The number of alkyl carbamates (subject to hydrolysis) is 2. The smallest absolute Gasteiger partial charge is 0.415 e. The van der Waals surface area contributed by atoms with Crippen molar-refractivity contribution in [3.05, 3.63) is 83.6 Å². The Morgan fingerprint density at radius 2 is 1.38 bits per heavy atom. The van der Waals surface area contributed by atoms with Gasteiger partial charge in [0.2, 0.25) is 11.8 Å². The molecule has 3 aromatic carbocycles. The zero-order valence-corrected chi connectivity index (χ0v) is 41.6. The summed E-state index contributed by atoms with van der Waals surface area (Å²) in [5, 5.41) is 25.0. The molecule has 10 rings (SSSR count). The fourth-order valence-corrected chi connectivity index (χ4v) is 11.5. The van der Waals surface area contributed by atoms with Gasteiger partial charge < -0.3 is 54.8 Å². The van der Waals surface area contributed by atoms with E-state index in [2.05, 4.69) is 35.1 Å². The predicted molar refractivity (Wildman–Crippen MR) is 260 cm³/mol. The molecule has 2 saturated carbocycles. The number of aromatic nitrogens is 4. The third-order valence-corrected chi connectivity index (χ3v) is 15.7. The summed E-state index contributed by atoms with van der Waals surface area (Å²) in [4.78, 5) is 97.2. The molecule has 8 atom stereocenters. The second kappa shape index (κ2) is 18.9. The number of hydrogen-bond donors (Lipinski definition) is 6. The van der Waals surface area contributed by atoms with Crippen LogP contribution < -0.4 is 10.6 Å². The molecule has 2 bridgehead atoms. The number of halogens is 2. The van der Waals surface area contributed by atoms with Crippen molar-refractivity contribution in [3.8, 4) is 33.5 Å². The van der Waals surface area contributed by atoms with Crippen LogP contribution in [0.1, 0.15) is 101 Å². The van der Waals surface area contributed by atoms with Gasteiger partial charge in [0.25, 0.3) is 5.92 Å². The zero-order chi connectivity index (χ0) is 52.7. The lowest BCUT2D eigenvalue weighted by atomic mass is 9.95. The first kappa shape index (κ1) is 50.3. The van der Waals surface area contributed by atoms with Gasteiger partial charge in [0.15, 0.2) is 12.2 Å². The van der Waals surface area contributed by atoms with Crippen LogP contribution in [-0.2, 0) is 39.3 Å². The first-order chi connectivity index (χ1) is 35.2. The number of aliphatic hydroxyl groups is 2. The molecule has 5 aliphatic rings. The van der Waals surface area contributed by atoms with Gasteiger partial charge in [-0.05, 0) is 108 Å². The van der Waals surface area contributed by atoms with E-state index in [-0.39, 0.29) is 40.3 Å². The Hall–Kier alpha value is -7.26. The average Bonchev–Trinajstić information content (AvgIpc) is 4.05. The van der Waals surface area contributed by atoms with Crippen LogP contribution in [0.25, 0.3) is 44.5 Å². The fraction of sp³-hybridized carbons (Fsp3) is 0.472. The van der Waals surface area contributed by atoms with Crippen LogP contribution in [0.4, 0.5) is 18.4 Å². The van der Waals surface area contributed by atoms with Gasteiger partial charge in [-0.3, -0.25) is 9.59 Å². The summed E-state index contributed by atoms with van der Waals surface area (Å²) in [5.41, 5.74) is 3.99. The number of likely N-dealkylation sites (tertiary alicyclic amines) is 2. The van der Waals surface area contributed by atoms with Crippen LogP contribution in [0.2, 0.25) is 0 Å². The number of alkyl halides is 2. The summed E-state index contributed by atoms with van der Waals surface area (Å²) >= 11 is 0. The third kappa shape index (κ3) is 8.81. The molecule has 19 nitrogen and oxygen atoms in total. The Kier molecular flexibility index (Phi) is 12.8. The first-order valence-corrected chi connectivity index (χ1v) is 24.9. The summed E-state index contributed by atoms with van der Waals surface area (Å²) in [7, 11) is 2.18. The first-order valence-electron chi connectivity index (χ1n) is 24.9. The van der Waals surface area contributed by atoms with Gasteiger partial charge in [0.05, 0.1) is 49.2 Å². The van der Waals surface area contributed by atoms with Gasteiger partial charge >= 0.3 is 24.1 Å². The highest BCUT2D eigenvalue weighted by Crippen LogP contribution is 2.59. The second-order valence-corrected chi connectivity index (χ2v) is 21.1. The van der Waals surface area contributed by atoms with Crippen LogP contribution in [0.5, 0.6) is 0 Å². The molecular weight excluding hydrogens is 963 g/mol. The molecular formula is C53H58F2N8O11. The Morgan fingerprint density at radius 1 is 0.757 bits per heavy atom. The minimum absolute atomic E-state index is 0.0193. The Bertz CT molecular complexity index is 3100. The largest absolute Gasteiger partial charge is 0.467 e. The van der Waals surface area contributed by atoms with Crippen LogP contribution >= 0.6 is 0 Å². The van der Waals surface area contributed by atoms with Crippen LogP contribution in [-0.4, -0.2) is 127 Å². The topological polar surface area (TPSA) is 258 Å². The number of hydrogen-bond acceptors (Lipinski definition) is 13. The highest BCUT2D eigenvalue weighted by molar-refractivity contribution is 5.94. The number of nitrogens with zero attached hydrogens (tertiary/aromatic N) is 4. The number of imidazole rings is 2. The number of benzene rings is 3. The molecule has 8 unspecified atom stereocenters. The normalized spacial score (nSPS) is 22.3. The lowest BCUT2D eigenvalue weighted by molar-refractivity contribution is -0.168. The predicted octanol–water partition coefficient (Wildman–Crippen LogP) is 6.40. The van der Waals surface area contributed by atoms with Crippen molar-refractivity contribution in [2.75, 3.05) is 20.8 Å². The standard InChI is InChI=1S/C53H58F2N8O11/c1-24(2)39(60-50(70)73-6)46(66)62-23-52(15-16-52)21-38(62)44-56-22-37(59-44)28-9-13-32-31-12-8-26(18-33(31)53(54,55)34(32)19-28)27-10-14-35-36(20-27)58-45(57-35)41-29-7-11-30(17-29)63(41)47(67)40(25(3)4)61-51(71)74-49(69)43(65)42(64)48(68)72-5/h8-10,12-14,18-20,22,24-25,29-30,38-43,64-65H,7,11,15-17,21,23H2,1-6H3,(H,56,59)(H,57,58)(H,60,70)(H,61,71). The average molecular weight is 1020 g/mol. The van der Waals surface area contributed by atoms with E-state index in [1.165, 1.54) is 19.2 Å². The highest BCUT2D eigenvalue weighted by Gasteiger charge is 2.56. The molecule has 3 aliphatic carbocycles. The zero-order valence-electron chi connectivity index (χ0n) is 41.6. The van der Waals surface area contributed by atoms with Crippen LogP contribution in [0, 0.1) is 23.2 Å². The Labute approximate surface area is 423 Å². The number of methoxy groups -OCH3 is 2. The highest BCUT2D eigenvalue weighted by atomic mass is 19.3. The molecule has 0 radical (unpaired) electrons. The molecule has 74 heavy (non-hydrogen) atoms. The van der Waals surface area contributed by atoms with Gasteiger partial charge in [-0.2, -0.15) is 8.78 Å². The summed E-state index contributed by atoms with van der Waals surface area (Å²) in [6.07, 6.45) is -0.263. The number of ether oxygens (including phenoxy) is 3. The van der Waals surface area contributed by atoms with E-state index in [0.29, 0.717) is 75.6 Å². The number of rotatable bonds is 13. The summed E-state index contributed by atoms with van der Waals surface area (Å²) in [6.45, 7) is 7.64. The molecule has 5 aromatic rings. The number of aromatic amines is 2. The third-order valence-electron chi connectivity index (χ3n) is 15.7. The maximum atomic E-state index is 16.8. The van der Waals surface area contributed by atoms with Crippen molar-refractivity contribution < 1.29 is 62.0 Å². The molecule has 390 valence electrons. The number of esters is 2. The molecule has 4 heterocycles. The van der Waals surface area contributed by atoms with E-state index in [4.69, 9.17) is 9.72 Å². The van der Waals surface area contributed by atoms with E-state index >= 15 is 8.78 Å². The minimum Gasteiger partial charge on any atom is -0.467 e. The maximum Gasteiger partial charge on any atom is 0.415 e. The second-order valence-electron chi connectivity index (χ2n) is 21.1. The summed E-state index contributed by atoms with van der Waals surface area (Å²) in [5.74, 6) is -6.54. The number of fused-ring (bicyclic) bond motifs is 6. The van der Waals surface area contributed by atoms with Gasteiger partial charge in [-0.25, -0.2) is 29.1 Å². The maximum absolute atomic E-state index is 16.8. The molecule has 2 saturated heterocycles. The number of amides is 4. The Morgan fingerprint density at radius 3 is 2.04 bits per heavy atom. The number of piperidine rings is 1. The fourth-order valence-electron chi connectivity index (χ4n) is 11.5. The lowest BCUT2D eigenvalue weighted by Crippen LogP contribution is -2.54. The van der Waals surface area contributed by atoms with Crippen molar-refractivity contribution in [1.29, 1.82) is 0 Å². The van der Waals surface area contributed by atoms with E-state index in [9.17, 15) is 39.0 Å². The molecule has 2 aromatic heterocycles. The number of nitrogens with one attached hydrogen (secondary N) is 4. The van der Waals surface area contributed by atoms with Crippen molar-refractivity contribution >= 4 is 47.0 Å². The van der Waals surface area contributed by atoms with Crippen molar-refractivity contribution in [2.24, 2.45) is 23.2 Å². The quantitative estimate of drug-likeness (QED) is 0.0425. The van der Waals surface area contributed by atoms with Gasteiger partial charge in [0.1, 0.15) is 23.7 Å². The molecule has 2 aliphatic heterocycles. The van der Waals surface area contributed by atoms with Gasteiger partial charge in [-0.1, -0.05) is 58.0 Å². The minimum atomic E-state index is -3.35. The van der Waals surface area contributed by atoms with E-state index in [1.807, 2.05) is 26.0 Å². The van der Waals surface area contributed by atoms with Crippen molar-refractivity contribution in [3.63, 3.8) is 0 Å². The SMILES string of the molecule is COC(=O)NC(C(=O)N1CC2(CC2)CC1c1ncc(-c2ccc3c(c2)C(F)(F)c2cc(-c4ccc5nc(C6C7CCC(C7)N6C(=O)C(NC(=O)OC(=O)C(O)C(O)C(=O)OC)C(C)C)[nH]c5c4)ccc2-3)[nH]1)C(C)C. The number of carbonyl (C=O) groups is 6. The van der Waals surface area contributed by atoms with E-state index in [1.54, 1.807) is 60.2 Å². The molecule has 4 amide bonds. The van der Waals surface area contributed by atoms with E-state index < -0.39 is 78.2 Å². The van der Waals surface area contributed by atoms with Gasteiger partial charge in [0, 0.05) is 29.3 Å². The Balaban J connectivity index is 0.859. The number of carbonyl (C=O) groups excluding carboxylic acids is 6. The number of aliphatic hydroxyl groups excluding tert-OH is 2. The summed E-state index contributed by atoms with van der Waals surface area (Å²) < 4.78 is 47.3. The van der Waals surface area contributed by atoms with Crippen LogP contribution in [0.15, 0.2) is 60.8 Å². The van der Waals surface area contributed by atoms with Crippen LogP contribution in [0.3, 0.4) is 0 Å². The van der Waals surface area contributed by atoms with Crippen molar-refractivity contribution in [2.45, 2.75) is 115 Å². The lowest BCUT2D eigenvalue weighted by Gasteiger charge is -2.37. The molecule has 6 N–H and O–H groups in total. The summed E-state index contributed by atoms with van der Waals surface area (Å²) in [6, 6.07) is 12.4. The van der Waals surface area contributed by atoms with E-state index in [0.717, 1.165) is 32.8 Å². The molecule has 4 fully saturated rings. The van der Waals surface area contributed by atoms with Crippen molar-refractivity contribution in [1.82, 2.24) is 40.4 Å². The number of H-pyrrole nitrogens is 2. The monoisotopic (exact) mass is 1020 g/mol. The molecule has 1 spiro atoms.